The van der Waals surface area contributed by atoms with Crippen LogP contribution in [0, 0.1) is 0 Å². The Hall–Kier alpha value is -1.32. The number of hydrogen-bond donors (Lipinski definition) is 0. The first-order valence-electron chi connectivity index (χ1n) is 5.37. The number of benzene rings is 1. The van der Waals surface area contributed by atoms with Gasteiger partial charge in [-0.2, -0.15) is 0 Å². The van der Waals surface area contributed by atoms with E-state index in [-0.39, 0.29) is 13.0 Å². The molecule has 0 aliphatic carbocycles. The highest BCUT2D eigenvalue weighted by Gasteiger charge is 2.35. The SMILES string of the molecule is COc1ccc(N2CCCC(F)(F)C2)cc1. The fourth-order valence-corrected chi connectivity index (χ4v) is 1.98. The Morgan fingerprint density at radius 3 is 2.50 bits per heavy atom. The first kappa shape index (κ1) is 11.2. The number of rotatable bonds is 2. The minimum Gasteiger partial charge on any atom is -0.497 e. The average molecular weight is 227 g/mol. The molecule has 1 aliphatic rings. The molecule has 1 aliphatic heterocycles. The second-order valence-corrected chi connectivity index (χ2v) is 4.08. The van der Waals surface area contributed by atoms with Gasteiger partial charge in [0.15, 0.2) is 0 Å². The van der Waals surface area contributed by atoms with E-state index in [0.717, 1.165) is 11.4 Å². The van der Waals surface area contributed by atoms with Gasteiger partial charge < -0.3 is 9.64 Å². The van der Waals surface area contributed by atoms with E-state index in [1.807, 2.05) is 12.1 Å². The number of ether oxygens (including phenoxy) is 1. The standard InChI is InChI=1S/C12H15F2NO/c1-16-11-5-3-10(4-6-11)15-8-2-7-12(13,14)9-15/h3-6H,2,7-9H2,1H3. The van der Waals surface area contributed by atoms with E-state index in [4.69, 9.17) is 4.74 Å². The summed E-state index contributed by atoms with van der Waals surface area (Å²) < 4.78 is 31.5. The molecule has 1 aromatic rings. The lowest BCUT2D eigenvalue weighted by molar-refractivity contribution is -0.0116. The van der Waals surface area contributed by atoms with Crippen molar-refractivity contribution < 1.29 is 13.5 Å². The van der Waals surface area contributed by atoms with Crippen LogP contribution in [-0.4, -0.2) is 26.1 Å². The minimum absolute atomic E-state index is 0.000343. The molecule has 2 nitrogen and oxygen atoms in total. The van der Waals surface area contributed by atoms with Gasteiger partial charge >= 0.3 is 0 Å². The Morgan fingerprint density at radius 1 is 1.25 bits per heavy atom. The second kappa shape index (κ2) is 4.28. The van der Waals surface area contributed by atoms with Crippen molar-refractivity contribution in [1.82, 2.24) is 0 Å². The lowest BCUT2D eigenvalue weighted by Gasteiger charge is -2.34. The summed E-state index contributed by atoms with van der Waals surface area (Å²) >= 11 is 0. The van der Waals surface area contributed by atoms with E-state index in [1.165, 1.54) is 0 Å². The van der Waals surface area contributed by atoms with Gasteiger partial charge in [-0.15, -0.1) is 0 Å². The molecule has 4 heteroatoms. The van der Waals surface area contributed by atoms with Crippen molar-refractivity contribution in [3.63, 3.8) is 0 Å². The Morgan fingerprint density at radius 2 is 1.94 bits per heavy atom. The van der Waals surface area contributed by atoms with E-state index < -0.39 is 5.92 Å². The third-order valence-electron chi connectivity index (χ3n) is 2.83. The first-order valence-corrected chi connectivity index (χ1v) is 5.37. The molecule has 0 bridgehead atoms. The topological polar surface area (TPSA) is 12.5 Å². The van der Waals surface area contributed by atoms with Crippen LogP contribution in [-0.2, 0) is 0 Å². The molecule has 1 aromatic carbocycles. The van der Waals surface area contributed by atoms with Crippen LogP contribution in [0.5, 0.6) is 5.75 Å². The molecule has 1 saturated heterocycles. The summed E-state index contributed by atoms with van der Waals surface area (Å²) in [5, 5.41) is 0. The zero-order valence-corrected chi connectivity index (χ0v) is 9.25. The van der Waals surface area contributed by atoms with Gasteiger partial charge in [0, 0.05) is 18.7 Å². The maximum Gasteiger partial charge on any atom is 0.265 e. The Balaban J connectivity index is 2.11. The summed E-state index contributed by atoms with van der Waals surface area (Å²) in [5.74, 6) is -1.81. The summed E-state index contributed by atoms with van der Waals surface area (Å²) in [7, 11) is 1.59. The molecular weight excluding hydrogens is 212 g/mol. The molecule has 0 spiro atoms. The van der Waals surface area contributed by atoms with Crippen LogP contribution in [0.15, 0.2) is 24.3 Å². The predicted molar refractivity (Wildman–Crippen MR) is 59.4 cm³/mol. The van der Waals surface area contributed by atoms with Gasteiger partial charge in [0.2, 0.25) is 0 Å². The Labute approximate surface area is 93.8 Å². The number of nitrogens with zero attached hydrogens (tertiary/aromatic N) is 1. The van der Waals surface area contributed by atoms with Crippen LogP contribution in [0.2, 0.25) is 0 Å². The highest BCUT2D eigenvalue weighted by Crippen LogP contribution is 2.30. The van der Waals surface area contributed by atoms with Crippen molar-refractivity contribution in [2.45, 2.75) is 18.8 Å². The Kier molecular flexibility index (Phi) is 2.99. The van der Waals surface area contributed by atoms with Gasteiger partial charge in [-0.3, -0.25) is 0 Å². The molecule has 16 heavy (non-hydrogen) atoms. The maximum atomic E-state index is 13.2. The van der Waals surface area contributed by atoms with Crippen LogP contribution in [0.1, 0.15) is 12.8 Å². The van der Waals surface area contributed by atoms with E-state index in [2.05, 4.69) is 0 Å². The molecule has 0 amide bonds. The lowest BCUT2D eigenvalue weighted by Crippen LogP contribution is -2.42. The number of hydrogen-bond acceptors (Lipinski definition) is 2. The van der Waals surface area contributed by atoms with Crippen molar-refractivity contribution in [2.75, 3.05) is 25.1 Å². The van der Waals surface area contributed by atoms with Crippen molar-refractivity contribution in [1.29, 1.82) is 0 Å². The fourth-order valence-electron chi connectivity index (χ4n) is 1.98. The average Bonchev–Trinajstić information content (AvgIpc) is 2.28. The molecule has 0 saturated carbocycles. The number of methoxy groups -OCH3 is 1. The molecule has 0 radical (unpaired) electrons. The van der Waals surface area contributed by atoms with E-state index in [1.54, 1.807) is 24.1 Å². The van der Waals surface area contributed by atoms with Gasteiger partial charge in [-0.25, -0.2) is 8.78 Å². The smallest absolute Gasteiger partial charge is 0.265 e. The summed E-state index contributed by atoms with van der Waals surface area (Å²) in [6.45, 7) is 0.515. The Bertz CT molecular complexity index is 351. The minimum atomic E-state index is -2.56. The van der Waals surface area contributed by atoms with E-state index in [9.17, 15) is 8.78 Å². The van der Waals surface area contributed by atoms with Crippen LogP contribution in [0.25, 0.3) is 0 Å². The number of halogens is 2. The molecule has 88 valence electrons. The zero-order valence-electron chi connectivity index (χ0n) is 9.25. The molecule has 1 fully saturated rings. The highest BCUT2D eigenvalue weighted by molar-refractivity contribution is 5.49. The number of piperidine rings is 1. The van der Waals surface area contributed by atoms with Gasteiger partial charge in [-0.05, 0) is 30.7 Å². The number of anilines is 1. The number of alkyl halides is 2. The highest BCUT2D eigenvalue weighted by atomic mass is 19.3. The van der Waals surface area contributed by atoms with Crippen LogP contribution < -0.4 is 9.64 Å². The predicted octanol–water partition coefficient (Wildman–Crippen LogP) is 2.93. The second-order valence-electron chi connectivity index (χ2n) is 4.08. The molecule has 0 aromatic heterocycles. The molecule has 2 rings (SSSR count). The van der Waals surface area contributed by atoms with Gasteiger partial charge in [-0.1, -0.05) is 0 Å². The van der Waals surface area contributed by atoms with Gasteiger partial charge in [0.05, 0.1) is 13.7 Å². The summed E-state index contributed by atoms with van der Waals surface area (Å²) in [5.41, 5.74) is 0.833. The molecule has 0 N–H and O–H groups in total. The summed E-state index contributed by atoms with van der Waals surface area (Å²) in [6.07, 6.45) is 0.540. The van der Waals surface area contributed by atoms with E-state index in [0.29, 0.717) is 13.0 Å². The zero-order chi connectivity index (χ0) is 11.6. The molecule has 1 heterocycles. The third kappa shape index (κ3) is 2.43. The summed E-state index contributed by atoms with van der Waals surface area (Å²) in [4.78, 5) is 1.73. The monoisotopic (exact) mass is 227 g/mol. The van der Waals surface area contributed by atoms with Crippen molar-refractivity contribution in [3.05, 3.63) is 24.3 Å². The van der Waals surface area contributed by atoms with Crippen LogP contribution in [0.4, 0.5) is 14.5 Å². The van der Waals surface area contributed by atoms with Gasteiger partial charge in [0.1, 0.15) is 5.75 Å². The van der Waals surface area contributed by atoms with Crippen LogP contribution in [0.3, 0.4) is 0 Å². The quantitative estimate of drug-likeness (QED) is 0.770. The molecule has 0 atom stereocenters. The van der Waals surface area contributed by atoms with E-state index >= 15 is 0 Å². The molecular formula is C12H15F2NO. The normalized spacial score (nSPS) is 19.6. The fraction of sp³-hybridized carbons (Fsp3) is 0.500. The lowest BCUT2D eigenvalue weighted by atomic mass is 10.1. The largest absolute Gasteiger partial charge is 0.497 e. The third-order valence-corrected chi connectivity index (χ3v) is 2.83. The molecule has 0 unspecified atom stereocenters. The summed E-state index contributed by atoms with van der Waals surface area (Å²) in [6, 6.07) is 7.23. The maximum absolute atomic E-state index is 13.2. The van der Waals surface area contributed by atoms with Crippen molar-refractivity contribution >= 4 is 5.69 Å². The van der Waals surface area contributed by atoms with Crippen molar-refractivity contribution in [2.24, 2.45) is 0 Å². The van der Waals surface area contributed by atoms with Crippen molar-refractivity contribution in [3.8, 4) is 5.75 Å². The van der Waals surface area contributed by atoms with Crippen LogP contribution >= 0.6 is 0 Å². The first-order chi connectivity index (χ1) is 7.61. The van der Waals surface area contributed by atoms with Gasteiger partial charge in [0.25, 0.3) is 5.92 Å².